The molecule has 0 radical (unpaired) electrons. The molecule has 2 rings (SSSR count). The van der Waals surface area contributed by atoms with Gasteiger partial charge in [-0.25, -0.2) is 4.98 Å². The number of aliphatic hydroxyl groups is 2. The molecule has 4 N–H and O–H groups in total. The molecule has 0 aliphatic carbocycles. The lowest BCUT2D eigenvalue weighted by molar-refractivity contribution is -0.0457. The molecule has 1 saturated heterocycles. The van der Waals surface area contributed by atoms with Gasteiger partial charge < -0.3 is 20.7 Å². The maximum atomic E-state index is 11.5. The first-order valence-corrected chi connectivity index (χ1v) is 4.90. The minimum Gasteiger partial charge on any atom is -0.394 e. The van der Waals surface area contributed by atoms with Crippen LogP contribution in [0.25, 0.3) is 0 Å². The van der Waals surface area contributed by atoms with E-state index in [1.165, 1.54) is 17.0 Å². The Balaban J connectivity index is 2.23. The van der Waals surface area contributed by atoms with Crippen LogP contribution in [0.2, 0.25) is 0 Å². The Bertz CT molecular complexity index is 433. The van der Waals surface area contributed by atoms with Gasteiger partial charge in [-0.1, -0.05) is 0 Å². The summed E-state index contributed by atoms with van der Waals surface area (Å²) in [4.78, 5) is 15.3. The second-order valence-electron chi connectivity index (χ2n) is 3.67. The van der Waals surface area contributed by atoms with Crippen molar-refractivity contribution in [3.63, 3.8) is 0 Å². The third-order valence-corrected chi connectivity index (χ3v) is 2.55. The van der Waals surface area contributed by atoms with Crippen molar-refractivity contribution in [2.24, 2.45) is 0 Å². The molecule has 2 heterocycles. The first kappa shape index (κ1) is 11.1. The minimum atomic E-state index is -0.778. The van der Waals surface area contributed by atoms with Gasteiger partial charge in [0.1, 0.15) is 24.5 Å². The third-order valence-electron chi connectivity index (χ3n) is 2.55. The number of hydrogen-bond donors (Lipinski definition) is 3. The second kappa shape index (κ2) is 4.20. The number of nitrogens with two attached hydrogens (primary N) is 1. The Morgan fingerprint density at radius 2 is 2.44 bits per heavy atom. The fourth-order valence-electron chi connectivity index (χ4n) is 1.69. The van der Waals surface area contributed by atoms with E-state index in [1.807, 2.05) is 0 Å². The third kappa shape index (κ3) is 1.92. The molecule has 7 heteroatoms. The molecule has 1 aromatic rings. The summed E-state index contributed by atoms with van der Waals surface area (Å²) in [6.07, 6.45) is -0.521. The summed E-state index contributed by atoms with van der Waals surface area (Å²) in [6, 6.07) is 1.18. The van der Waals surface area contributed by atoms with Crippen LogP contribution in [0.5, 0.6) is 0 Å². The molecule has 1 aromatic heterocycles. The maximum absolute atomic E-state index is 11.5. The Labute approximate surface area is 91.1 Å². The van der Waals surface area contributed by atoms with Crippen LogP contribution in [0.1, 0.15) is 12.6 Å². The van der Waals surface area contributed by atoms with Crippen molar-refractivity contribution in [3.8, 4) is 0 Å². The van der Waals surface area contributed by atoms with Gasteiger partial charge in [0, 0.05) is 12.5 Å². The molecule has 3 atom stereocenters. The molecule has 0 aromatic carbocycles. The van der Waals surface area contributed by atoms with Gasteiger partial charge in [0.25, 0.3) is 5.56 Å². The largest absolute Gasteiger partial charge is 0.394 e. The van der Waals surface area contributed by atoms with Crippen LogP contribution in [0.3, 0.4) is 0 Å². The van der Waals surface area contributed by atoms with Gasteiger partial charge in [0.15, 0.2) is 0 Å². The standard InChI is InChI=1S/C9H13N3O4/c10-7-2-8(15)12(4-11-7)9-1-5(14)6(3-13)16-9/h2,4-6,9,13-14H,1,3,10H2/t5-,6-,9-/m0/s1. The van der Waals surface area contributed by atoms with E-state index in [4.69, 9.17) is 15.6 Å². The molecular formula is C9H13N3O4. The highest BCUT2D eigenvalue weighted by molar-refractivity contribution is 5.23. The van der Waals surface area contributed by atoms with E-state index in [0.29, 0.717) is 0 Å². The number of rotatable bonds is 2. The fraction of sp³-hybridized carbons (Fsp3) is 0.556. The molecule has 1 aliphatic rings. The van der Waals surface area contributed by atoms with E-state index in [1.54, 1.807) is 0 Å². The lowest BCUT2D eigenvalue weighted by Crippen LogP contribution is -2.26. The normalized spacial score (nSPS) is 29.5. The van der Waals surface area contributed by atoms with Crippen LogP contribution in [-0.2, 0) is 4.74 Å². The number of nitrogen functional groups attached to an aromatic ring is 1. The van der Waals surface area contributed by atoms with E-state index < -0.39 is 18.4 Å². The lowest BCUT2D eigenvalue weighted by atomic mass is 10.2. The van der Waals surface area contributed by atoms with Gasteiger partial charge in [-0.2, -0.15) is 0 Å². The zero-order chi connectivity index (χ0) is 11.7. The lowest BCUT2D eigenvalue weighted by Gasteiger charge is -2.13. The van der Waals surface area contributed by atoms with Crippen molar-refractivity contribution in [3.05, 3.63) is 22.7 Å². The van der Waals surface area contributed by atoms with E-state index in [-0.39, 0.29) is 24.4 Å². The molecular weight excluding hydrogens is 214 g/mol. The van der Waals surface area contributed by atoms with Crippen molar-refractivity contribution >= 4 is 5.82 Å². The van der Waals surface area contributed by atoms with Crippen molar-refractivity contribution in [2.75, 3.05) is 12.3 Å². The van der Waals surface area contributed by atoms with E-state index >= 15 is 0 Å². The van der Waals surface area contributed by atoms with E-state index in [0.717, 1.165) is 0 Å². The van der Waals surface area contributed by atoms with Gasteiger partial charge in [-0.05, 0) is 0 Å². The number of aliphatic hydroxyl groups excluding tert-OH is 2. The Hall–Kier alpha value is -1.44. The van der Waals surface area contributed by atoms with E-state index in [2.05, 4.69) is 4.98 Å². The first-order valence-electron chi connectivity index (χ1n) is 4.90. The van der Waals surface area contributed by atoms with Crippen LogP contribution in [-0.4, -0.2) is 38.6 Å². The second-order valence-corrected chi connectivity index (χ2v) is 3.67. The monoisotopic (exact) mass is 227 g/mol. The number of ether oxygens (including phenoxy) is 1. The Morgan fingerprint density at radius 1 is 1.69 bits per heavy atom. The molecule has 7 nitrogen and oxygen atoms in total. The number of hydrogen-bond acceptors (Lipinski definition) is 6. The predicted molar refractivity (Wildman–Crippen MR) is 54.5 cm³/mol. The van der Waals surface area contributed by atoms with Gasteiger partial charge >= 0.3 is 0 Å². The van der Waals surface area contributed by atoms with Crippen LogP contribution in [0.15, 0.2) is 17.2 Å². The molecule has 1 fully saturated rings. The van der Waals surface area contributed by atoms with Crippen LogP contribution in [0, 0.1) is 0 Å². The summed E-state index contributed by atoms with van der Waals surface area (Å²) < 4.78 is 6.56. The zero-order valence-electron chi connectivity index (χ0n) is 8.48. The van der Waals surface area contributed by atoms with Crippen molar-refractivity contribution in [2.45, 2.75) is 24.9 Å². The van der Waals surface area contributed by atoms with Crippen LogP contribution >= 0.6 is 0 Å². The van der Waals surface area contributed by atoms with Crippen molar-refractivity contribution < 1.29 is 14.9 Å². The molecule has 0 amide bonds. The van der Waals surface area contributed by atoms with Crippen LogP contribution < -0.4 is 11.3 Å². The predicted octanol–water partition coefficient (Wildman–Crippen LogP) is -1.53. The number of anilines is 1. The van der Waals surface area contributed by atoms with Crippen molar-refractivity contribution in [1.29, 1.82) is 0 Å². The molecule has 0 spiro atoms. The highest BCUT2D eigenvalue weighted by Crippen LogP contribution is 2.26. The van der Waals surface area contributed by atoms with Gasteiger partial charge in [0.2, 0.25) is 0 Å². The fourth-order valence-corrected chi connectivity index (χ4v) is 1.69. The smallest absolute Gasteiger partial charge is 0.257 e. The van der Waals surface area contributed by atoms with Gasteiger partial charge in [-0.15, -0.1) is 0 Å². The topological polar surface area (TPSA) is 111 Å². The SMILES string of the molecule is Nc1cc(=O)n([C@@H]2C[C@H](O)[C@H](CO)O2)cn1. The summed E-state index contributed by atoms with van der Waals surface area (Å²) in [5, 5.41) is 18.4. The molecule has 0 unspecified atom stereocenters. The molecule has 1 aliphatic heterocycles. The summed E-state index contributed by atoms with van der Waals surface area (Å²) in [6.45, 7) is -0.283. The van der Waals surface area contributed by atoms with E-state index in [9.17, 15) is 9.90 Å². The van der Waals surface area contributed by atoms with Gasteiger partial charge in [0.05, 0.1) is 12.7 Å². The number of aromatic nitrogens is 2. The van der Waals surface area contributed by atoms with Crippen molar-refractivity contribution in [1.82, 2.24) is 9.55 Å². The van der Waals surface area contributed by atoms with Gasteiger partial charge in [-0.3, -0.25) is 9.36 Å². The maximum Gasteiger partial charge on any atom is 0.257 e. The average molecular weight is 227 g/mol. The Morgan fingerprint density at radius 3 is 3.00 bits per heavy atom. The summed E-state index contributed by atoms with van der Waals surface area (Å²) >= 11 is 0. The minimum absolute atomic E-state index is 0.138. The zero-order valence-corrected chi connectivity index (χ0v) is 8.48. The summed E-state index contributed by atoms with van der Waals surface area (Å²) in [5.41, 5.74) is 5.01. The number of nitrogens with zero attached hydrogens (tertiary/aromatic N) is 2. The quantitative estimate of drug-likeness (QED) is 0.565. The highest BCUT2D eigenvalue weighted by Gasteiger charge is 2.34. The summed E-state index contributed by atoms with van der Waals surface area (Å²) in [5.74, 6) is 0.138. The average Bonchev–Trinajstić information content (AvgIpc) is 2.59. The molecule has 88 valence electrons. The molecule has 0 saturated carbocycles. The Kier molecular flexibility index (Phi) is 2.90. The first-order chi connectivity index (χ1) is 7.61. The highest BCUT2D eigenvalue weighted by atomic mass is 16.5. The van der Waals surface area contributed by atoms with Crippen LogP contribution in [0.4, 0.5) is 5.82 Å². The molecule has 0 bridgehead atoms. The summed E-state index contributed by atoms with van der Waals surface area (Å²) in [7, 11) is 0. The molecule has 16 heavy (non-hydrogen) atoms.